The fraction of sp³-hybridized carbons (Fsp3) is 0.385. The number of nitrogens with one attached hydrogen (secondary N) is 1. The number of methoxy groups -OCH3 is 1. The van der Waals surface area contributed by atoms with E-state index < -0.39 is 0 Å². The average Bonchev–Trinajstić information content (AvgIpc) is 2.84. The summed E-state index contributed by atoms with van der Waals surface area (Å²) in [4.78, 5) is 15.8. The average molecular weight is 433 g/mol. The van der Waals surface area contributed by atoms with Gasteiger partial charge in [0.05, 0.1) is 24.1 Å². The van der Waals surface area contributed by atoms with Crippen molar-refractivity contribution >= 4 is 11.9 Å². The predicted molar refractivity (Wildman–Crippen MR) is 128 cm³/mol. The van der Waals surface area contributed by atoms with Crippen molar-refractivity contribution < 1.29 is 9.53 Å². The van der Waals surface area contributed by atoms with Crippen molar-refractivity contribution in [1.29, 1.82) is 5.26 Å². The molecule has 0 bridgehead atoms. The fourth-order valence-corrected chi connectivity index (χ4v) is 4.12. The number of ether oxygens (including phenoxy) is 1. The van der Waals surface area contributed by atoms with E-state index in [4.69, 9.17) is 4.74 Å². The van der Waals surface area contributed by atoms with E-state index in [2.05, 4.69) is 42.4 Å². The molecule has 6 nitrogen and oxygen atoms in total. The van der Waals surface area contributed by atoms with Gasteiger partial charge in [-0.3, -0.25) is 4.79 Å². The lowest BCUT2D eigenvalue weighted by atomic mass is 9.90. The number of hydrogen-bond acceptors (Lipinski definition) is 6. The molecule has 0 aliphatic carbocycles. The van der Waals surface area contributed by atoms with Crippen LogP contribution in [0, 0.1) is 11.3 Å². The normalized spacial score (nSPS) is 19.2. The third-order valence-electron chi connectivity index (χ3n) is 6.16. The topological polar surface area (TPSA) is 68.6 Å². The highest BCUT2D eigenvalue weighted by Gasteiger charge is 2.21. The molecule has 1 unspecified atom stereocenters. The van der Waals surface area contributed by atoms with Crippen LogP contribution in [0.2, 0.25) is 0 Å². The highest BCUT2D eigenvalue weighted by atomic mass is 16.5. The molecule has 2 heterocycles. The summed E-state index contributed by atoms with van der Waals surface area (Å²) in [7, 11) is 3.60. The molecule has 1 saturated heterocycles. The van der Waals surface area contributed by atoms with Crippen LogP contribution in [0.5, 0.6) is 5.75 Å². The Hall–Kier alpha value is -3.30. The number of allylic oxidation sites excluding steroid dienone is 5. The van der Waals surface area contributed by atoms with Gasteiger partial charge in [0.15, 0.2) is 0 Å². The second kappa shape index (κ2) is 10.8. The summed E-state index contributed by atoms with van der Waals surface area (Å²) in [5.74, 6) is 1.11. The molecule has 0 saturated carbocycles. The van der Waals surface area contributed by atoms with E-state index in [1.165, 1.54) is 6.08 Å². The lowest BCUT2D eigenvalue weighted by Crippen LogP contribution is -2.43. The second-order valence-electron chi connectivity index (χ2n) is 8.09. The molecule has 6 heteroatoms. The summed E-state index contributed by atoms with van der Waals surface area (Å²) < 4.78 is 5.55. The number of nitriles is 1. The van der Waals surface area contributed by atoms with Gasteiger partial charge in [0.25, 0.3) is 0 Å². The van der Waals surface area contributed by atoms with Gasteiger partial charge < -0.3 is 19.9 Å². The number of aldehydes is 1. The quantitative estimate of drug-likeness (QED) is 0.401. The van der Waals surface area contributed by atoms with Crippen molar-refractivity contribution in [3.05, 3.63) is 70.7 Å². The maximum absolute atomic E-state index is 11.5. The molecule has 3 rings (SSSR count). The minimum Gasteiger partial charge on any atom is -0.496 e. The molecular weight excluding hydrogens is 400 g/mol. The Kier molecular flexibility index (Phi) is 7.91. The van der Waals surface area contributed by atoms with E-state index in [0.29, 0.717) is 17.1 Å². The maximum Gasteiger partial charge on any atom is 0.143 e. The Morgan fingerprint density at radius 2 is 2.06 bits per heavy atom. The van der Waals surface area contributed by atoms with E-state index in [0.717, 1.165) is 67.2 Å². The van der Waals surface area contributed by atoms with E-state index in [1.807, 2.05) is 36.2 Å². The number of carbonyl (C=O) groups is 1. The highest BCUT2D eigenvalue weighted by Crippen LogP contribution is 2.35. The van der Waals surface area contributed by atoms with Crippen LogP contribution < -0.4 is 10.1 Å². The number of piperazine rings is 1. The van der Waals surface area contributed by atoms with Gasteiger partial charge in [-0.25, -0.2) is 0 Å². The summed E-state index contributed by atoms with van der Waals surface area (Å²) in [5.41, 5.74) is 4.86. The molecule has 1 fully saturated rings. The van der Waals surface area contributed by atoms with Gasteiger partial charge in [-0.2, -0.15) is 5.26 Å². The monoisotopic (exact) mass is 432 g/mol. The van der Waals surface area contributed by atoms with E-state index in [1.54, 1.807) is 7.11 Å². The van der Waals surface area contributed by atoms with Crippen LogP contribution in [0.1, 0.15) is 37.3 Å². The van der Waals surface area contributed by atoms with Crippen LogP contribution in [-0.2, 0) is 4.79 Å². The smallest absolute Gasteiger partial charge is 0.143 e. The molecule has 1 atom stereocenters. The van der Waals surface area contributed by atoms with Crippen LogP contribution in [-0.4, -0.2) is 56.4 Å². The van der Waals surface area contributed by atoms with Crippen molar-refractivity contribution in [2.45, 2.75) is 26.2 Å². The van der Waals surface area contributed by atoms with Crippen LogP contribution in [0.4, 0.5) is 0 Å². The first-order chi connectivity index (χ1) is 15.5. The van der Waals surface area contributed by atoms with Gasteiger partial charge in [0.1, 0.15) is 18.1 Å². The largest absolute Gasteiger partial charge is 0.496 e. The van der Waals surface area contributed by atoms with Crippen molar-refractivity contribution in [3.8, 4) is 11.8 Å². The molecule has 32 heavy (non-hydrogen) atoms. The van der Waals surface area contributed by atoms with Crippen molar-refractivity contribution in [2.75, 3.05) is 40.3 Å². The Morgan fingerprint density at radius 1 is 1.31 bits per heavy atom. The van der Waals surface area contributed by atoms with E-state index in [9.17, 15) is 10.1 Å². The number of carbonyl (C=O) groups excluding carboxylic acids is 1. The lowest BCUT2D eigenvalue weighted by molar-refractivity contribution is -0.104. The van der Waals surface area contributed by atoms with Gasteiger partial charge in [-0.15, -0.1) is 0 Å². The highest BCUT2D eigenvalue weighted by molar-refractivity contribution is 5.92. The fourth-order valence-electron chi connectivity index (χ4n) is 4.12. The minimum absolute atomic E-state index is 0.294. The third-order valence-corrected chi connectivity index (χ3v) is 6.16. The Labute approximate surface area is 191 Å². The SMILES string of the molecule is CCC(C)c1cc(C(=C/C=O)/C(C#N)=C2/C=CC(N3CCNCC3)=CN2C)ccc1OC. The molecule has 0 spiro atoms. The van der Waals surface area contributed by atoms with Gasteiger partial charge in [0.2, 0.25) is 0 Å². The molecule has 0 radical (unpaired) electrons. The molecule has 1 N–H and O–H groups in total. The Balaban J connectivity index is 2.02. The Bertz CT molecular complexity index is 1010. The lowest BCUT2D eigenvalue weighted by Gasteiger charge is -2.33. The third kappa shape index (κ3) is 4.95. The summed E-state index contributed by atoms with van der Waals surface area (Å²) in [6, 6.07) is 8.21. The first-order valence-electron chi connectivity index (χ1n) is 11.1. The van der Waals surface area contributed by atoms with Gasteiger partial charge in [-0.05, 0) is 53.8 Å². The maximum atomic E-state index is 11.5. The minimum atomic E-state index is 0.294. The van der Waals surface area contributed by atoms with Gasteiger partial charge >= 0.3 is 0 Å². The summed E-state index contributed by atoms with van der Waals surface area (Å²) >= 11 is 0. The van der Waals surface area contributed by atoms with Crippen LogP contribution in [0.15, 0.2) is 59.6 Å². The first-order valence-corrected chi connectivity index (χ1v) is 11.1. The number of likely N-dealkylation sites (N-methyl/N-ethyl adjacent to an activating group) is 1. The van der Waals surface area contributed by atoms with Crippen LogP contribution in [0.3, 0.4) is 0 Å². The van der Waals surface area contributed by atoms with E-state index >= 15 is 0 Å². The molecule has 2 aliphatic rings. The summed E-state index contributed by atoms with van der Waals surface area (Å²) in [6.07, 6.45) is 9.25. The molecule has 1 aromatic carbocycles. The van der Waals surface area contributed by atoms with Crippen LogP contribution >= 0.6 is 0 Å². The zero-order valence-electron chi connectivity index (χ0n) is 19.4. The molecular formula is C26H32N4O2. The zero-order chi connectivity index (χ0) is 23.1. The van der Waals surface area contributed by atoms with Crippen molar-refractivity contribution in [3.63, 3.8) is 0 Å². The molecule has 168 valence electrons. The number of nitrogens with zero attached hydrogens (tertiary/aromatic N) is 3. The zero-order valence-corrected chi connectivity index (χ0v) is 19.4. The number of benzene rings is 1. The number of hydrogen-bond donors (Lipinski definition) is 1. The van der Waals surface area contributed by atoms with Gasteiger partial charge in [0, 0.05) is 45.0 Å². The molecule has 2 aliphatic heterocycles. The Morgan fingerprint density at radius 3 is 2.66 bits per heavy atom. The van der Waals surface area contributed by atoms with Crippen molar-refractivity contribution in [1.82, 2.24) is 15.1 Å². The van der Waals surface area contributed by atoms with Crippen molar-refractivity contribution in [2.24, 2.45) is 0 Å². The first kappa shape index (κ1) is 23.4. The molecule has 0 aromatic heterocycles. The van der Waals surface area contributed by atoms with Gasteiger partial charge in [-0.1, -0.05) is 19.9 Å². The second-order valence-corrected chi connectivity index (χ2v) is 8.09. The van der Waals surface area contributed by atoms with E-state index in [-0.39, 0.29) is 0 Å². The van der Waals surface area contributed by atoms with Crippen LogP contribution in [0.25, 0.3) is 5.57 Å². The molecule has 0 amide bonds. The summed E-state index contributed by atoms with van der Waals surface area (Å²) in [6.45, 7) is 8.11. The predicted octanol–water partition coefficient (Wildman–Crippen LogP) is 3.82. The number of rotatable bonds is 7. The standard InChI is InChI=1S/C26H32N4O2/c1-5-19(2)23-16-20(6-9-26(23)32-4)22(10-15-31)24(17-27)25-8-7-21(18-29(25)3)30-13-11-28-12-14-30/h6-10,15-16,18-19,28H,5,11-14H2,1-4H3/b22-10-,25-24-. The summed E-state index contributed by atoms with van der Waals surface area (Å²) in [5, 5.41) is 13.5. The molecule has 1 aromatic rings.